The Labute approximate surface area is 701 Å². The molecule has 0 fully saturated rings. The smallest absolute Gasteiger partial charge is 0.322 e. The van der Waals surface area contributed by atoms with E-state index in [4.69, 9.17) is 28.0 Å². The van der Waals surface area contributed by atoms with E-state index in [2.05, 4.69) is 112 Å². The van der Waals surface area contributed by atoms with Crippen molar-refractivity contribution in [2.24, 2.45) is 17.2 Å². The number of guanidine groups is 2. The number of imidazole rings is 1. The van der Waals surface area contributed by atoms with Gasteiger partial charge in [-0.25, -0.2) is 4.98 Å². The molecule has 6 aromatic rings. The number of para-hydroxylation sites is 1. The van der Waals surface area contributed by atoms with Gasteiger partial charge in [0.1, 0.15) is 78.8 Å². The second kappa shape index (κ2) is 48.9. The Morgan fingerprint density at radius 1 is 0.555 bits per heavy atom. The average Bonchev–Trinajstić information content (AvgIpc) is 1.57. The second-order valence-electron chi connectivity index (χ2n) is 29.0. The first-order valence-electron chi connectivity index (χ1n) is 39.4. The van der Waals surface area contributed by atoms with Crippen LogP contribution in [0.1, 0.15) is 125 Å². The third kappa shape index (κ3) is 32.8. The molecule has 640 valence electrons. The first-order chi connectivity index (χ1) is 57.0. The number of benzene rings is 4. The van der Waals surface area contributed by atoms with Gasteiger partial charge >= 0.3 is 5.97 Å². The molecular formula is C81H109IN22O15. The van der Waals surface area contributed by atoms with E-state index in [0.29, 0.717) is 58.1 Å². The van der Waals surface area contributed by atoms with Gasteiger partial charge in [0.2, 0.25) is 70.9 Å². The minimum absolute atomic E-state index is 0.00231. The van der Waals surface area contributed by atoms with Crippen LogP contribution in [-0.2, 0) is 94.4 Å². The molecule has 1 aliphatic heterocycles. The Balaban J connectivity index is 1.17. The summed E-state index contributed by atoms with van der Waals surface area (Å²) in [6, 6.07) is 13.3. The highest BCUT2D eigenvalue weighted by molar-refractivity contribution is 14.1. The summed E-state index contributed by atoms with van der Waals surface area (Å²) in [5, 5.41) is 73.5. The van der Waals surface area contributed by atoms with Crippen LogP contribution in [0.2, 0.25) is 0 Å². The van der Waals surface area contributed by atoms with Crippen LogP contribution in [0.25, 0.3) is 10.9 Å². The molecule has 0 saturated heterocycles. The Morgan fingerprint density at radius 2 is 1.07 bits per heavy atom. The van der Waals surface area contributed by atoms with Gasteiger partial charge in [0.15, 0.2) is 11.9 Å². The number of carbonyl (C=O) groups excluding carboxylic acids is 12. The fourth-order valence-electron chi connectivity index (χ4n) is 13.2. The lowest BCUT2D eigenvalue weighted by Crippen LogP contribution is -2.61. The zero-order valence-corrected chi connectivity index (χ0v) is 68.5. The number of carboxylic acids is 1. The Hall–Kier alpha value is -12.5. The molecule has 26 N–H and O–H groups in total. The number of halogens is 1. The van der Waals surface area contributed by atoms with E-state index in [1.54, 1.807) is 97.2 Å². The zero-order chi connectivity index (χ0) is 86.3. The van der Waals surface area contributed by atoms with E-state index in [1.165, 1.54) is 50.6 Å². The van der Waals surface area contributed by atoms with Gasteiger partial charge in [-0.2, -0.15) is 0 Å². The number of H-pyrrole nitrogens is 2. The number of allylic oxidation sites excluding steroid dienone is 2. The number of rotatable bonds is 38. The molecule has 11 atom stereocenters. The molecule has 0 saturated carbocycles. The molecule has 0 radical (unpaired) electrons. The van der Waals surface area contributed by atoms with Gasteiger partial charge < -0.3 is 112 Å². The van der Waals surface area contributed by atoms with Crippen molar-refractivity contribution in [3.8, 4) is 5.75 Å². The third-order valence-electron chi connectivity index (χ3n) is 19.5. The largest absolute Gasteiger partial charge is 0.508 e. The number of hydrogen-bond acceptors (Lipinski definition) is 18. The average molecular weight is 1760 g/mol. The van der Waals surface area contributed by atoms with Crippen LogP contribution in [0.3, 0.4) is 0 Å². The molecule has 0 bridgehead atoms. The molecule has 3 heterocycles. The minimum Gasteiger partial charge on any atom is -0.508 e. The van der Waals surface area contributed by atoms with E-state index in [-0.39, 0.29) is 134 Å². The van der Waals surface area contributed by atoms with Gasteiger partial charge in [0.05, 0.1) is 6.33 Å². The number of nitrogens with one attached hydrogen (secondary N) is 18. The Morgan fingerprint density at radius 3 is 1.65 bits per heavy atom. The van der Waals surface area contributed by atoms with Gasteiger partial charge in [-0.15, -0.1) is 0 Å². The lowest BCUT2D eigenvalue weighted by Gasteiger charge is -2.28. The number of aliphatic carboxylic acids is 1. The van der Waals surface area contributed by atoms with E-state index < -0.39 is 150 Å². The molecule has 0 unspecified atom stereocenters. The van der Waals surface area contributed by atoms with Crippen LogP contribution < -0.4 is 91.6 Å². The summed E-state index contributed by atoms with van der Waals surface area (Å²) < 4.78 is 0.838. The number of carboxylic acid groups (broad SMARTS) is 1. The highest BCUT2D eigenvalue weighted by atomic mass is 127. The second-order valence-corrected chi connectivity index (χ2v) is 30.2. The molecular weight excluding hydrogens is 1650 g/mol. The van der Waals surface area contributed by atoms with Crippen LogP contribution >= 0.6 is 22.6 Å². The number of unbranched alkanes of at least 4 members (excludes halogenated alkanes) is 1. The molecule has 119 heavy (non-hydrogen) atoms. The number of aromatic nitrogens is 3. The van der Waals surface area contributed by atoms with Crippen LogP contribution in [0, 0.1) is 14.4 Å². The summed E-state index contributed by atoms with van der Waals surface area (Å²) in [4.78, 5) is 196. The maximum absolute atomic E-state index is 15.3. The minimum atomic E-state index is -1.53. The van der Waals surface area contributed by atoms with Crippen LogP contribution in [0.15, 0.2) is 134 Å². The highest BCUT2D eigenvalue weighted by Gasteiger charge is 2.37. The predicted octanol–water partition coefficient (Wildman–Crippen LogP) is -0.146. The SMILES string of the molecule is CC(=O)N[C@@H](Cc1ccccc1)C(=O)N[C@@H](CCCNC(=N)N)C(=O)N[C@@H](CCCNC(=N)N)C(=O)N[C@@H](CCCCN)C(=O)N[C@@H](C)C(=O)N[C@@H](Cc1ccc(I)cc1)C(=O)N[C@H]1CCC/C=C\CCC[C@@H](C(=O)NCC(=O)O)NC(=O)[C@H](Cc2ccc(O)cc2)NC(=O)[C@H](Cc2c[nH]c3ccccc23)NC(=O)[C@H](Cc2cnc[nH]2)NC1=O. The third-order valence-corrected chi connectivity index (χ3v) is 20.2. The number of nitrogens with zero attached hydrogens (tertiary/aromatic N) is 1. The molecule has 4 aromatic carbocycles. The molecule has 0 spiro atoms. The van der Waals surface area contributed by atoms with Crippen molar-refractivity contribution in [3.63, 3.8) is 0 Å². The summed E-state index contributed by atoms with van der Waals surface area (Å²) >= 11 is 2.10. The van der Waals surface area contributed by atoms with Gasteiger partial charge in [-0.3, -0.25) is 73.1 Å². The van der Waals surface area contributed by atoms with Gasteiger partial charge in [-0.05, 0) is 172 Å². The number of carbonyl (C=O) groups is 13. The summed E-state index contributed by atoms with van der Waals surface area (Å²) in [6.45, 7) is 2.19. The number of amides is 12. The molecule has 38 heteroatoms. The van der Waals surface area contributed by atoms with Gasteiger partial charge in [0.25, 0.3) is 0 Å². The number of nitrogens with two attached hydrogens (primary N) is 3. The summed E-state index contributed by atoms with van der Waals surface area (Å²) in [6.07, 6.45) is 9.09. The quantitative estimate of drug-likeness (QED) is 0.00788. The maximum atomic E-state index is 15.3. The van der Waals surface area contributed by atoms with Gasteiger partial charge in [-0.1, -0.05) is 84.9 Å². The van der Waals surface area contributed by atoms with Crippen molar-refractivity contribution in [2.75, 3.05) is 26.2 Å². The predicted molar refractivity (Wildman–Crippen MR) is 450 cm³/mol. The number of phenolic OH excluding ortho intramolecular Hbond substituents is 1. The van der Waals surface area contributed by atoms with Crippen molar-refractivity contribution in [3.05, 3.63) is 166 Å². The molecule has 7 rings (SSSR count). The number of aromatic hydroxyl groups is 1. The van der Waals surface area contributed by atoms with Crippen molar-refractivity contribution in [2.45, 2.75) is 196 Å². The van der Waals surface area contributed by atoms with Crippen LogP contribution in [-0.4, -0.2) is 207 Å². The van der Waals surface area contributed by atoms with Crippen molar-refractivity contribution in [1.82, 2.24) is 89.4 Å². The van der Waals surface area contributed by atoms with E-state index in [9.17, 15) is 53.4 Å². The first-order valence-corrected chi connectivity index (χ1v) is 40.5. The lowest BCUT2D eigenvalue weighted by atomic mass is 10.0. The van der Waals surface area contributed by atoms with E-state index in [0.717, 1.165) is 3.57 Å². The summed E-state index contributed by atoms with van der Waals surface area (Å²) in [7, 11) is 0. The van der Waals surface area contributed by atoms with E-state index >= 15 is 19.2 Å². The fraction of sp³-hybridized carbons (Fsp3) is 0.432. The number of aromatic amines is 2. The van der Waals surface area contributed by atoms with Crippen molar-refractivity contribution < 1.29 is 72.5 Å². The van der Waals surface area contributed by atoms with Crippen LogP contribution in [0.5, 0.6) is 5.75 Å². The summed E-state index contributed by atoms with van der Waals surface area (Å²) in [5.74, 6) is -12.0. The lowest BCUT2D eigenvalue weighted by molar-refractivity contribution is -0.138. The van der Waals surface area contributed by atoms with Crippen molar-refractivity contribution >= 4 is 122 Å². The molecule has 2 aromatic heterocycles. The Bertz CT molecular complexity index is 4460. The zero-order valence-electron chi connectivity index (χ0n) is 66.4. The topological polar surface area (TPSA) is 601 Å². The molecule has 0 aliphatic carbocycles. The standard InChI is InChI=1S/C81H109IN22O15/c1-47(94-71(111)59(24-14-15-35-83)97-72(112)61(25-16-36-89-80(84)85)98-73(113)62(26-17-37-90-81(86)87)100-75(115)63(95-48(2)105)38-49-18-8-7-9-19-49)69(109)101-64(39-50-27-31-53(82)32-28-50)76(116)99-60-23-11-6-4-3-5-10-22-58(70(110)92-45-68(107)108)96-77(117)65(40-51-29-33-55(106)34-30-51)102-78(118)66(41-52-43-91-57-21-13-12-20-56(52)57)103-79(119)67(104-74(60)114)42-54-44-88-46-93-54/h3-4,7-9,12-13,18-21,27-34,43-44,46-47,58-67,91,106H,5-6,10-11,14-17,22-26,35-42,45,83H2,1-2H3,(H,88,93)(H,92,110)(H,94,111)(H,95,105)(H,96,117)(H,97,112)(H,98,113)(H,99,116)(H,100,115)(H,101,109)(H,102,118)(H,103,119)(H,104,114)(H,107,108)(H4,84,85,89)(H4,86,87,90)/b4-3-/t47-,58-,59-,60-,61-,62-,63-,64-,65-,66-,67-/m0/s1. The van der Waals surface area contributed by atoms with E-state index in [1.807, 2.05) is 0 Å². The number of fused-ring (bicyclic) bond motifs is 1. The molecule has 37 nitrogen and oxygen atoms in total. The number of hydrogen-bond donors (Lipinski definition) is 23. The normalized spacial score (nSPS) is 18.0. The molecule has 12 amide bonds. The maximum Gasteiger partial charge on any atom is 0.322 e. The van der Waals surface area contributed by atoms with Crippen molar-refractivity contribution in [1.29, 1.82) is 10.8 Å². The molecule has 1 aliphatic rings. The van der Waals surface area contributed by atoms with Gasteiger partial charge in [0, 0.05) is 84.7 Å². The Kier molecular flexibility index (Phi) is 38.5. The summed E-state index contributed by atoms with van der Waals surface area (Å²) in [5.41, 5.74) is 20.3. The number of phenols is 1. The monoisotopic (exact) mass is 1760 g/mol. The first kappa shape index (κ1) is 93.7. The fourth-order valence-corrected chi connectivity index (χ4v) is 13.5. The highest BCUT2D eigenvalue weighted by Crippen LogP contribution is 2.22. The van der Waals surface area contributed by atoms with Crippen LogP contribution in [0.4, 0.5) is 0 Å².